The lowest BCUT2D eigenvalue weighted by atomic mass is 10.0. The van der Waals surface area contributed by atoms with E-state index in [0.29, 0.717) is 5.56 Å². The molecule has 6 heteroatoms. The maximum atomic E-state index is 13.6. The second-order valence-electron chi connectivity index (χ2n) is 4.94. The molecule has 0 fully saturated rings. The van der Waals surface area contributed by atoms with Crippen molar-refractivity contribution >= 4 is 10.0 Å². The first-order chi connectivity index (χ1) is 8.06. The molecule has 1 aromatic rings. The minimum Gasteiger partial charge on any atom is -0.391 e. The van der Waals surface area contributed by atoms with E-state index in [2.05, 4.69) is 4.72 Å². The third-order valence-electron chi connectivity index (χ3n) is 2.82. The van der Waals surface area contributed by atoms with Gasteiger partial charge >= 0.3 is 0 Å². The van der Waals surface area contributed by atoms with E-state index < -0.39 is 32.4 Å². The first kappa shape index (κ1) is 15.1. The van der Waals surface area contributed by atoms with Gasteiger partial charge in [0.05, 0.1) is 11.6 Å². The van der Waals surface area contributed by atoms with Crippen LogP contribution in [0.25, 0.3) is 0 Å². The van der Waals surface area contributed by atoms with Crippen LogP contribution in [0.15, 0.2) is 23.1 Å². The lowest BCUT2D eigenvalue weighted by Gasteiger charge is -2.29. The van der Waals surface area contributed by atoms with Crippen LogP contribution >= 0.6 is 0 Å². The lowest BCUT2D eigenvalue weighted by molar-refractivity contribution is 0.111. The number of aliphatic hydroxyl groups is 1. The minimum absolute atomic E-state index is 0.406. The normalized spacial score (nSPS) is 14.6. The SMILES string of the molecule is Cc1ccc(F)c(S(=O)(=O)NC(C)(C)C(C)O)c1. The van der Waals surface area contributed by atoms with Gasteiger partial charge in [0.25, 0.3) is 0 Å². The number of sulfonamides is 1. The van der Waals surface area contributed by atoms with E-state index in [9.17, 15) is 17.9 Å². The second kappa shape index (κ2) is 4.95. The van der Waals surface area contributed by atoms with Crippen LogP contribution in [0.2, 0.25) is 0 Å². The molecule has 0 spiro atoms. The summed E-state index contributed by atoms with van der Waals surface area (Å²) >= 11 is 0. The first-order valence-corrected chi connectivity index (χ1v) is 7.03. The van der Waals surface area contributed by atoms with Crippen LogP contribution in [-0.4, -0.2) is 25.2 Å². The highest BCUT2D eigenvalue weighted by Crippen LogP contribution is 2.19. The zero-order chi connectivity index (χ0) is 14.1. The molecule has 0 aliphatic carbocycles. The largest absolute Gasteiger partial charge is 0.391 e. The monoisotopic (exact) mass is 275 g/mol. The summed E-state index contributed by atoms with van der Waals surface area (Å²) in [5.41, 5.74) is -0.429. The van der Waals surface area contributed by atoms with Gasteiger partial charge in [0, 0.05) is 0 Å². The molecule has 1 atom stereocenters. The van der Waals surface area contributed by atoms with Crippen LogP contribution in [0.4, 0.5) is 4.39 Å². The van der Waals surface area contributed by atoms with Crippen LogP contribution in [-0.2, 0) is 10.0 Å². The van der Waals surface area contributed by atoms with E-state index in [1.54, 1.807) is 6.92 Å². The number of rotatable bonds is 4. The molecule has 0 heterocycles. The molecule has 0 aliphatic heterocycles. The molecule has 1 aromatic carbocycles. The Morgan fingerprint density at radius 1 is 1.39 bits per heavy atom. The molecule has 0 bridgehead atoms. The van der Waals surface area contributed by atoms with Gasteiger partial charge in [-0.25, -0.2) is 17.5 Å². The topological polar surface area (TPSA) is 66.4 Å². The van der Waals surface area contributed by atoms with Gasteiger partial charge < -0.3 is 5.11 Å². The lowest BCUT2D eigenvalue weighted by Crippen LogP contribution is -2.50. The Hall–Kier alpha value is -0.980. The quantitative estimate of drug-likeness (QED) is 0.876. The average molecular weight is 275 g/mol. The summed E-state index contributed by atoms with van der Waals surface area (Å²) in [6.07, 6.45) is -0.903. The van der Waals surface area contributed by atoms with E-state index in [0.717, 1.165) is 6.07 Å². The molecule has 0 amide bonds. The summed E-state index contributed by atoms with van der Waals surface area (Å²) in [6.45, 7) is 6.21. The summed E-state index contributed by atoms with van der Waals surface area (Å²) in [7, 11) is -4.00. The molecule has 1 rings (SSSR count). The molecular weight excluding hydrogens is 257 g/mol. The Balaban J connectivity index is 3.19. The summed E-state index contributed by atoms with van der Waals surface area (Å²) in [6, 6.07) is 3.86. The van der Waals surface area contributed by atoms with Gasteiger partial charge in [-0.05, 0) is 45.4 Å². The molecule has 4 nitrogen and oxygen atoms in total. The van der Waals surface area contributed by atoms with Crippen LogP contribution in [0, 0.1) is 12.7 Å². The summed E-state index contributed by atoms with van der Waals surface area (Å²) < 4.78 is 40.0. The Kier molecular flexibility index (Phi) is 4.15. The average Bonchev–Trinajstić information content (AvgIpc) is 2.19. The van der Waals surface area contributed by atoms with Crippen molar-refractivity contribution in [1.29, 1.82) is 0 Å². The molecule has 0 saturated carbocycles. The fraction of sp³-hybridized carbons (Fsp3) is 0.500. The van der Waals surface area contributed by atoms with Crippen LogP contribution in [0.3, 0.4) is 0 Å². The maximum Gasteiger partial charge on any atom is 0.244 e. The summed E-state index contributed by atoms with van der Waals surface area (Å²) in [5.74, 6) is -0.811. The van der Waals surface area contributed by atoms with E-state index in [1.807, 2.05) is 0 Å². The Labute approximate surface area is 107 Å². The van der Waals surface area contributed by atoms with Crippen LogP contribution < -0.4 is 4.72 Å². The van der Waals surface area contributed by atoms with Crippen molar-refractivity contribution in [3.8, 4) is 0 Å². The zero-order valence-electron chi connectivity index (χ0n) is 10.9. The number of aryl methyl sites for hydroxylation is 1. The van der Waals surface area contributed by atoms with Crippen molar-refractivity contribution < 1.29 is 17.9 Å². The van der Waals surface area contributed by atoms with Crippen molar-refractivity contribution in [2.24, 2.45) is 0 Å². The fourth-order valence-electron chi connectivity index (χ4n) is 1.30. The molecule has 0 saturated heterocycles. The molecule has 2 N–H and O–H groups in total. The number of nitrogens with one attached hydrogen (secondary N) is 1. The highest BCUT2D eigenvalue weighted by molar-refractivity contribution is 7.89. The van der Waals surface area contributed by atoms with Gasteiger partial charge in [0.15, 0.2) is 0 Å². The minimum atomic E-state index is -4.00. The van der Waals surface area contributed by atoms with Crippen LogP contribution in [0.1, 0.15) is 26.3 Å². The van der Waals surface area contributed by atoms with Crippen molar-refractivity contribution in [2.45, 2.75) is 44.2 Å². The van der Waals surface area contributed by atoms with E-state index in [-0.39, 0.29) is 0 Å². The predicted octanol–water partition coefficient (Wildman–Crippen LogP) is 1.57. The summed E-state index contributed by atoms with van der Waals surface area (Å²) in [5, 5.41) is 9.49. The highest BCUT2D eigenvalue weighted by atomic mass is 32.2. The number of halogens is 1. The third-order valence-corrected chi connectivity index (χ3v) is 4.50. The number of hydrogen-bond donors (Lipinski definition) is 2. The Morgan fingerprint density at radius 2 is 1.94 bits per heavy atom. The van der Waals surface area contributed by atoms with Crippen LogP contribution in [0.5, 0.6) is 0 Å². The van der Waals surface area contributed by atoms with Gasteiger partial charge in [-0.3, -0.25) is 0 Å². The van der Waals surface area contributed by atoms with Crippen molar-refractivity contribution in [3.05, 3.63) is 29.6 Å². The van der Waals surface area contributed by atoms with Crippen molar-refractivity contribution in [1.82, 2.24) is 4.72 Å². The Morgan fingerprint density at radius 3 is 2.44 bits per heavy atom. The molecular formula is C12H18FNO3S. The van der Waals surface area contributed by atoms with Crippen molar-refractivity contribution in [3.63, 3.8) is 0 Å². The van der Waals surface area contributed by atoms with E-state index in [1.165, 1.54) is 32.9 Å². The molecule has 0 aliphatic rings. The Bertz CT molecular complexity index is 538. The molecule has 0 aromatic heterocycles. The molecule has 102 valence electrons. The van der Waals surface area contributed by atoms with Gasteiger partial charge in [-0.15, -0.1) is 0 Å². The van der Waals surface area contributed by atoms with Gasteiger partial charge in [0.1, 0.15) is 10.7 Å². The number of aliphatic hydroxyl groups excluding tert-OH is 1. The standard InChI is InChI=1S/C12H18FNO3S/c1-8-5-6-10(13)11(7-8)18(16,17)14-12(3,4)9(2)15/h5-7,9,14-15H,1-4H3. The molecule has 1 unspecified atom stereocenters. The fourth-order valence-corrected chi connectivity index (χ4v) is 2.94. The highest BCUT2D eigenvalue weighted by Gasteiger charge is 2.31. The van der Waals surface area contributed by atoms with E-state index >= 15 is 0 Å². The maximum absolute atomic E-state index is 13.6. The van der Waals surface area contributed by atoms with Gasteiger partial charge in [0.2, 0.25) is 10.0 Å². The summed E-state index contributed by atoms with van der Waals surface area (Å²) in [4.78, 5) is -0.406. The third kappa shape index (κ3) is 3.28. The molecule has 18 heavy (non-hydrogen) atoms. The van der Waals surface area contributed by atoms with E-state index in [4.69, 9.17) is 0 Å². The van der Waals surface area contributed by atoms with Gasteiger partial charge in [-0.1, -0.05) is 6.07 Å². The van der Waals surface area contributed by atoms with Crippen molar-refractivity contribution in [2.75, 3.05) is 0 Å². The zero-order valence-corrected chi connectivity index (χ0v) is 11.7. The van der Waals surface area contributed by atoms with Gasteiger partial charge in [-0.2, -0.15) is 0 Å². The second-order valence-corrected chi connectivity index (χ2v) is 6.59. The smallest absolute Gasteiger partial charge is 0.244 e. The molecule has 0 radical (unpaired) electrons. The first-order valence-electron chi connectivity index (χ1n) is 5.54. The number of benzene rings is 1. The number of hydrogen-bond acceptors (Lipinski definition) is 3. The predicted molar refractivity (Wildman–Crippen MR) is 67.2 cm³/mol.